The van der Waals surface area contributed by atoms with Crippen molar-refractivity contribution in [2.24, 2.45) is 0 Å². The normalized spacial score (nSPS) is 10.0. The van der Waals surface area contributed by atoms with Crippen molar-refractivity contribution in [2.45, 2.75) is 13.3 Å². The molecule has 7 nitrogen and oxygen atoms in total. The number of imide groups is 1. The lowest BCUT2D eigenvalue weighted by Gasteiger charge is -2.12. The number of benzene rings is 2. The van der Waals surface area contributed by atoms with Crippen LogP contribution in [0.15, 0.2) is 48.5 Å². The third kappa shape index (κ3) is 6.63. The molecule has 0 radical (unpaired) electrons. The molecule has 0 unspecified atom stereocenters. The monoisotopic (exact) mass is 388 g/mol. The molecule has 4 N–H and O–H groups in total. The minimum atomic E-state index is -0.544. The Hall–Kier alpha value is -3.06. The van der Waals surface area contributed by atoms with Crippen molar-refractivity contribution >= 4 is 40.8 Å². The Morgan fingerprint density at radius 2 is 1.70 bits per heavy atom. The first-order valence-electron chi connectivity index (χ1n) is 8.47. The molecule has 0 heterocycles. The second kappa shape index (κ2) is 10.2. The predicted octanol–water partition coefficient (Wildman–Crippen LogP) is 3.24. The molecule has 2 rings (SSSR count). The van der Waals surface area contributed by atoms with Gasteiger partial charge in [-0.1, -0.05) is 30.7 Å². The summed E-state index contributed by atoms with van der Waals surface area (Å²) in [5.41, 5.74) is 1.45. The van der Waals surface area contributed by atoms with Crippen LogP contribution in [0.1, 0.15) is 23.7 Å². The van der Waals surface area contributed by atoms with Gasteiger partial charge in [-0.25, -0.2) is 4.79 Å². The van der Waals surface area contributed by atoms with Gasteiger partial charge in [-0.15, -0.1) is 0 Å². The molecular weight excluding hydrogens is 368 g/mol. The Labute approximate surface area is 162 Å². The first-order chi connectivity index (χ1) is 13.0. The maximum Gasteiger partial charge on any atom is 0.321 e. The highest BCUT2D eigenvalue weighted by Crippen LogP contribution is 2.18. The van der Waals surface area contributed by atoms with Crippen LogP contribution in [-0.2, 0) is 4.79 Å². The molecule has 0 aliphatic carbocycles. The summed E-state index contributed by atoms with van der Waals surface area (Å²) in [7, 11) is 0. The van der Waals surface area contributed by atoms with E-state index in [1.807, 2.05) is 6.92 Å². The highest BCUT2D eigenvalue weighted by Gasteiger charge is 2.13. The number of anilines is 2. The van der Waals surface area contributed by atoms with Crippen LogP contribution in [-0.4, -0.2) is 30.9 Å². The topological polar surface area (TPSA) is 99.3 Å². The van der Waals surface area contributed by atoms with E-state index in [0.29, 0.717) is 28.5 Å². The Kier molecular flexibility index (Phi) is 7.63. The third-order valence-electron chi connectivity index (χ3n) is 3.50. The van der Waals surface area contributed by atoms with Gasteiger partial charge in [-0.2, -0.15) is 0 Å². The molecule has 4 amide bonds. The van der Waals surface area contributed by atoms with Gasteiger partial charge >= 0.3 is 6.03 Å². The number of urea groups is 1. The lowest BCUT2D eigenvalue weighted by atomic mass is 10.1. The zero-order valence-corrected chi connectivity index (χ0v) is 15.6. The van der Waals surface area contributed by atoms with Crippen LogP contribution in [0.3, 0.4) is 0 Å². The number of hydrogen-bond acceptors (Lipinski definition) is 4. The number of nitrogens with one attached hydrogen (secondary N) is 4. The summed E-state index contributed by atoms with van der Waals surface area (Å²) in [6, 6.07) is 13.0. The number of para-hydroxylation sites is 1. The van der Waals surface area contributed by atoms with Gasteiger partial charge in [0, 0.05) is 22.9 Å². The van der Waals surface area contributed by atoms with Gasteiger partial charge < -0.3 is 16.0 Å². The zero-order valence-electron chi connectivity index (χ0n) is 14.8. The number of hydrogen-bond donors (Lipinski definition) is 4. The van der Waals surface area contributed by atoms with Gasteiger partial charge in [0.2, 0.25) is 5.91 Å². The van der Waals surface area contributed by atoms with Crippen molar-refractivity contribution < 1.29 is 14.4 Å². The fourth-order valence-electron chi connectivity index (χ4n) is 2.20. The van der Waals surface area contributed by atoms with Crippen LogP contribution >= 0.6 is 11.6 Å². The highest BCUT2D eigenvalue weighted by atomic mass is 35.5. The van der Waals surface area contributed by atoms with E-state index in [1.165, 1.54) is 0 Å². The Morgan fingerprint density at radius 1 is 1.00 bits per heavy atom. The number of carbonyl (C=O) groups is 3. The first-order valence-corrected chi connectivity index (χ1v) is 8.85. The minimum Gasteiger partial charge on any atom is -0.375 e. The number of carbonyl (C=O) groups excluding carboxylic acids is 3. The molecular formula is C19H21ClN4O3. The largest absolute Gasteiger partial charge is 0.375 e. The van der Waals surface area contributed by atoms with E-state index < -0.39 is 11.9 Å². The lowest BCUT2D eigenvalue weighted by molar-refractivity contribution is -0.118. The zero-order chi connectivity index (χ0) is 19.6. The molecule has 0 aromatic heterocycles. The predicted molar refractivity (Wildman–Crippen MR) is 106 cm³/mol. The molecule has 2 aromatic carbocycles. The van der Waals surface area contributed by atoms with Crippen molar-refractivity contribution in [1.29, 1.82) is 0 Å². The third-order valence-corrected chi connectivity index (χ3v) is 3.75. The Balaban J connectivity index is 1.96. The summed E-state index contributed by atoms with van der Waals surface area (Å²) in [4.78, 5) is 35.8. The van der Waals surface area contributed by atoms with E-state index in [1.54, 1.807) is 48.5 Å². The number of halogens is 1. The van der Waals surface area contributed by atoms with E-state index >= 15 is 0 Å². The van der Waals surface area contributed by atoms with Gasteiger partial charge in [0.1, 0.15) is 0 Å². The maximum atomic E-state index is 12.5. The lowest BCUT2D eigenvalue weighted by Crippen LogP contribution is -2.42. The Morgan fingerprint density at radius 3 is 2.41 bits per heavy atom. The van der Waals surface area contributed by atoms with Crippen LogP contribution < -0.4 is 21.3 Å². The molecule has 0 fully saturated rings. The molecule has 8 heteroatoms. The van der Waals surface area contributed by atoms with Crippen LogP contribution in [0.4, 0.5) is 16.2 Å². The van der Waals surface area contributed by atoms with Crippen molar-refractivity contribution in [3.8, 4) is 0 Å². The molecule has 0 atom stereocenters. The van der Waals surface area contributed by atoms with Gasteiger partial charge in [0.25, 0.3) is 5.91 Å². The van der Waals surface area contributed by atoms with Crippen LogP contribution in [0, 0.1) is 0 Å². The van der Waals surface area contributed by atoms with E-state index in [-0.39, 0.29) is 12.5 Å². The quantitative estimate of drug-likeness (QED) is 0.585. The SMILES string of the molecule is CCCNC(=O)NC(=O)CNc1ccccc1C(=O)Nc1ccc(Cl)cc1. The molecule has 0 bridgehead atoms. The smallest absolute Gasteiger partial charge is 0.321 e. The number of amides is 4. The fraction of sp³-hybridized carbons (Fsp3) is 0.211. The van der Waals surface area contributed by atoms with Crippen molar-refractivity contribution in [2.75, 3.05) is 23.7 Å². The summed E-state index contributed by atoms with van der Waals surface area (Å²) in [5, 5.41) is 11.0. The molecule has 27 heavy (non-hydrogen) atoms. The van der Waals surface area contributed by atoms with Crippen molar-refractivity contribution in [1.82, 2.24) is 10.6 Å². The Bertz CT molecular complexity index is 809. The summed E-state index contributed by atoms with van der Waals surface area (Å²) >= 11 is 5.84. The average molecular weight is 389 g/mol. The van der Waals surface area contributed by atoms with E-state index in [2.05, 4.69) is 21.3 Å². The maximum absolute atomic E-state index is 12.5. The van der Waals surface area contributed by atoms with Crippen LogP contribution in [0.2, 0.25) is 5.02 Å². The molecule has 2 aromatic rings. The molecule has 0 aliphatic rings. The van der Waals surface area contributed by atoms with Gasteiger partial charge in [-0.3, -0.25) is 14.9 Å². The van der Waals surface area contributed by atoms with Crippen molar-refractivity contribution in [3.05, 3.63) is 59.1 Å². The molecule has 0 aliphatic heterocycles. The second-order valence-corrected chi connectivity index (χ2v) is 6.10. The summed E-state index contributed by atoms with van der Waals surface area (Å²) < 4.78 is 0. The molecule has 142 valence electrons. The highest BCUT2D eigenvalue weighted by molar-refractivity contribution is 6.30. The van der Waals surface area contributed by atoms with Crippen molar-refractivity contribution in [3.63, 3.8) is 0 Å². The summed E-state index contributed by atoms with van der Waals surface area (Å²) in [6.07, 6.45) is 0.774. The van der Waals surface area contributed by atoms with Gasteiger partial charge in [0.05, 0.1) is 12.1 Å². The van der Waals surface area contributed by atoms with E-state index in [0.717, 1.165) is 6.42 Å². The molecule has 0 saturated heterocycles. The van der Waals surface area contributed by atoms with Crippen LogP contribution in [0.5, 0.6) is 0 Å². The average Bonchev–Trinajstić information content (AvgIpc) is 2.66. The summed E-state index contributed by atoms with van der Waals surface area (Å²) in [6.45, 7) is 2.25. The standard InChI is InChI=1S/C19H21ClN4O3/c1-2-11-21-19(27)24-17(25)12-22-16-6-4-3-5-15(16)18(26)23-14-9-7-13(20)8-10-14/h3-10,22H,2,11-12H2,1H3,(H,23,26)(H2,21,24,25,27). The molecule has 0 saturated carbocycles. The fourth-order valence-corrected chi connectivity index (χ4v) is 2.32. The molecule has 0 spiro atoms. The number of rotatable bonds is 7. The minimum absolute atomic E-state index is 0.148. The van der Waals surface area contributed by atoms with E-state index in [9.17, 15) is 14.4 Å². The first kappa shape index (κ1) is 20.3. The van der Waals surface area contributed by atoms with Gasteiger partial charge in [0.15, 0.2) is 0 Å². The van der Waals surface area contributed by atoms with Gasteiger partial charge in [-0.05, 0) is 42.8 Å². The van der Waals surface area contributed by atoms with E-state index in [4.69, 9.17) is 11.6 Å². The second-order valence-electron chi connectivity index (χ2n) is 5.66. The van der Waals surface area contributed by atoms with Crippen LogP contribution in [0.25, 0.3) is 0 Å². The summed E-state index contributed by atoms with van der Waals surface area (Å²) in [5.74, 6) is -0.835.